The van der Waals surface area contributed by atoms with Crippen LogP contribution in [0, 0.1) is 9.62 Å². The number of esters is 1. The first-order valence-corrected chi connectivity index (χ1v) is 8.92. The molecule has 120 valence electrons. The molecule has 9 nitrogen and oxygen atoms in total. The van der Waals surface area contributed by atoms with E-state index in [9.17, 15) is 18.0 Å². The fourth-order valence-corrected chi connectivity index (χ4v) is 3.48. The predicted octanol–water partition coefficient (Wildman–Crippen LogP) is -0.491. The Morgan fingerprint density at radius 1 is 1.59 bits per heavy atom. The summed E-state index contributed by atoms with van der Waals surface area (Å²) in [6.45, 7) is 0.106. The van der Waals surface area contributed by atoms with E-state index in [-0.39, 0.29) is 36.1 Å². The highest BCUT2D eigenvalue weighted by molar-refractivity contribution is 14.1. The molecule has 2 N–H and O–H groups in total. The van der Waals surface area contributed by atoms with Crippen LogP contribution in [0.1, 0.15) is 16.9 Å². The molecule has 1 atom stereocenters. The first kappa shape index (κ1) is 17.0. The van der Waals surface area contributed by atoms with Gasteiger partial charge in [0, 0.05) is 18.9 Å². The summed E-state index contributed by atoms with van der Waals surface area (Å²) >= 11 is 1.88. The lowest BCUT2D eigenvalue weighted by atomic mass is 10.1. The van der Waals surface area contributed by atoms with Crippen LogP contribution in [0.5, 0.6) is 0 Å². The standard InChI is InChI=1S/C11H13IN4O5S/c1-21-11(18)9-10(14-3-7(12)15-9)16-4-6(2-8(16)17)5-22(13,19)20/h3,6H,2,4-5H2,1H3,(H2,13,19,20). The topological polar surface area (TPSA) is 133 Å². The Bertz CT molecular complexity index is 723. The highest BCUT2D eigenvalue weighted by Crippen LogP contribution is 2.26. The number of primary sulfonamides is 1. The maximum atomic E-state index is 12.1. The van der Waals surface area contributed by atoms with E-state index < -0.39 is 21.9 Å². The molecule has 1 fully saturated rings. The van der Waals surface area contributed by atoms with Crippen LogP contribution in [-0.2, 0) is 19.6 Å². The second-order valence-electron chi connectivity index (χ2n) is 4.76. The zero-order chi connectivity index (χ0) is 16.5. The number of aromatic nitrogens is 2. The minimum atomic E-state index is -3.68. The van der Waals surface area contributed by atoms with Crippen LogP contribution in [0.4, 0.5) is 5.82 Å². The van der Waals surface area contributed by atoms with Crippen LogP contribution in [-0.4, -0.2) is 49.7 Å². The van der Waals surface area contributed by atoms with Gasteiger partial charge in [-0.05, 0) is 22.6 Å². The molecule has 0 radical (unpaired) electrons. The molecule has 1 unspecified atom stereocenters. The maximum Gasteiger partial charge on any atom is 0.360 e. The number of rotatable bonds is 4. The number of hydrogen-bond donors (Lipinski definition) is 1. The molecule has 1 aromatic rings. The van der Waals surface area contributed by atoms with E-state index in [0.717, 1.165) is 0 Å². The number of amides is 1. The van der Waals surface area contributed by atoms with Crippen molar-refractivity contribution in [2.24, 2.45) is 11.1 Å². The average molecular weight is 440 g/mol. The number of nitrogens with zero attached hydrogens (tertiary/aromatic N) is 3. The van der Waals surface area contributed by atoms with E-state index in [1.54, 1.807) is 0 Å². The molecule has 0 aromatic carbocycles. The van der Waals surface area contributed by atoms with Gasteiger partial charge in [0.1, 0.15) is 3.70 Å². The quantitative estimate of drug-likeness (QED) is 0.494. The Morgan fingerprint density at radius 2 is 2.27 bits per heavy atom. The highest BCUT2D eigenvalue weighted by atomic mass is 127. The molecule has 0 bridgehead atoms. The molecule has 2 heterocycles. The number of sulfonamides is 1. The molecule has 0 spiro atoms. The lowest BCUT2D eigenvalue weighted by molar-refractivity contribution is -0.117. The molecule has 2 rings (SSSR count). The Kier molecular flexibility index (Phi) is 4.97. The number of anilines is 1. The van der Waals surface area contributed by atoms with Crippen molar-refractivity contribution >= 4 is 50.3 Å². The van der Waals surface area contributed by atoms with E-state index in [2.05, 4.69) is 14.7 Å². The van der Waals surface area contributed by atoms with E-state index in [1.165, 1.54) is 18.2 Å². The van der Waals surface area contributed by atoms with Gasteiger partial charge in [0.25, 0.3) is 0 Å². The van der Waals surface area contributed by atoms with Crippen LogP contribution in [0.15, 0.2) is 6.20 Å². The minimum Gasteiger partial charge on any atom is -0.464 e. The second-order valence-corrected chi connectivity index (χ2v) is 7.52. The van der Waals surface area contributed by atoms with Gasteiger partial charge in [0.15, 0.2) is 11.5 Å². The fourth-order valence-electron chi connectivity index (χ4n) is 2.22. The Labute approximate surface area is 140 Å². The number of hydrogen-bond acceptors (Lipinski definition) is 7. The fraction of sp³-hybridized carbons (Fsp3) is 0.455. The molecule has 22 heavy (non-hydrogen) atoms. The number of nitrogens with two attached hydrogens (primary N) is 1. The summed E-state index contributed by atoms with van der Waals surface area (Å²) in [5, 5.41) is 5.00. The molecule has 0 aliphatic carbocycles. The predicted molar refractivity (Wildman–Crippen MR) is 84.5 cm³/mol. The van der Waals surface area contributed by atoms with Gasteiger partial charge in [-0.3, -0.25) is 9.69 Å². The van der Waals surface area contributed by atoms with E-state index in [4.69, 9.17) is 5.14 Å². The van der Waals surface area contributed by atoms with Gasteiger partial charge >= 0.3 is 5.97 Å². The number of carbonyl (C=O) groups is 2. The van der Waals surface area contributed by atoms with Gasteiger partial charge in [0.05, 0.1) is 19.1 Å². The van der Waals surface area contributed by atoms with Crippen LogP contribution in [0.3, 0.4) is 0 Å². The first-order valence-electron chi connectivity index (χ1n) is 6.13. The Morgan fingerprint density at radius 3 is 2.86 bits per heavy atom. The third-order valence-electron chi connectivity index (χ3n) is 3.03. The SMILES string of the molecule is COC(=O)c1nc(I)cnc1N1CC(CS(N)(=O)=O)CC1=O. The monoisotopic (exact) mass is 440 g/mol. The minimum absolute atomic E-state index is 0.0186. The van der Waals surface area contributed by atoms with Crippen molar-refractivity contribution in [2.45, 2.75) is 6.42 Å². The van der Waals surface area contributed by atoms with Crippen molar-refractivity contribution in [3.05, 3.63) is 15.6 Å². The van der Waals surface area contributed by atoms with Crippen LogP contribution < -0.4 is 10.0 Å². The number of methoxy groups -OCH3 is 1. The number of halogens is 1. The van der Waals surface area contributed by atoms with Crippen LogP contribution in [0.2, 0.25) is 0 Å². The van der Waals surface area contributed by atoms with Crippen molar-refractivity contribution in [3.8, 4) is 0 Å². The smallest absolute Gasteiger partial charge is 0.360 e. The summed E-state index contributed by atoms with van der Waals surface area (Å²) in [5.74, 6) is -1.75. The van der Waals surface area contributed by atoms with E-state index >= 15 is 0 Å². The van der Waals surface area contributed by atoms with Crippen molar-refractivity contribution in [2.75, 3.05) is 24.3 Å². The third kappa shape index (κ3) is 3.89. The van der Waals surface area contributed by atoms with Crippen molar-refractivity contribution in [1.29, 1.82) is 0 Å². The molecule has 1 aromatic heterocycles. The lowest BCUT2D eigenvalue weighted by Crippen LogP contribution is -2.30. The van der Waals surface area contributed by atoms with Gasteiger partial charge < -0.3 is 4.74 Å². The molecule has 0 saturated carbocycles. The number of carbonyl (C=O) groups excluding carboxylic acids is 2. The normalized spacial score (nSPS) is 18.6. The summed E-state index contributed by atoms with van der Waals surface area (Å²) in [6, 6.07) is 0. The highest BCUT2D eigenvalue weighted by Gasteiger charge is 2.36. The van der Waals surface area contributed by atoms with Crippen LogP contribution >= 0.6 is 22.6 Å². The zero-order valence-corrected chi connectivity index (χ0v) is 14.5. The largest absolute Gasteiger partial charge is 0.464 e. The summed E-state index contributed by atoms with van der Waals surface area (Å²) in [6.07, 6.45) is 1.42. The lowest BCUT2D eigenvalue weighted by Gasteiger charge is -2.17. The van der Waals surface area contributed by atoms with E-state index in [0.29, 0.717) is 3.70 Å². The van der Waals surface area contributed by atoms with Gasteiger partial charge in [0.2, 0.25) is 15.9 Å². The zero-order valence-electron chi connectivity index (χ0n) is 11.5. The molecule has 1 amide bonds. The van der Waals surface area contributed by atoms with Gasteiger partial charge in [-0.25, -0.2) is 28.3 Å². The van der Waals surface area contributed by atoms with Gasteiger partial charge in [-0.2, -0.15) is 0 Å². The molecule has 1 aliphatic heterocycles. The Hall–Kier alpha value is -1.34. The average Bonchev–Trinajstić information content (AvgIpc) is 2.76. The molecular formula is C11H13IN4O5S. The molecule has 1 aliphatic rings. The summed E-state index contributed by atoms with van der Waals surface area (Å²) < 4.78 is 27.4. The van der Waals surface area contributed by atoms with Crippen molar-refractivity contribution in [1.82, 2.24) is 9.97 Å². The summed E-state index contributed by atoms with van der Waals surface area (Å²) in [4.78, 5) is 33.2. The summed E-state index contributed by atoms with van der Waals surface area (Å²) in [7, 11) is -2.48. The Balaban J connectivity index is 2.32. The second kappa shape index (κ2) is 6.42. The number of ether oxygens (including phenoxy) is 1. The molecule has 1 saturated heterocycles. The van der Waals surface area contributed by atoms with Crippen molar-refractivity contribution in [3.63, 3.8) is 0 Å². The van der Waals surface area contributed by atoms with Crippen LogP contribution in [0.25, 0.3) is 0 Å². The van der Waals surface area contributed by atoms with Gasteiger partial charge in [-0.15, -0.1) is 0 Å². The molecule has 11 heteroatoms. The summed E-state index contributed by atoms with van der Waals surface area (Å²) in [5.41, 5.74) is -0.0843. The van der Waals surface area contributed by atoms with Crippen molar-refractivity contribution < 1.29 is 22.7 Å². The van der Waals surface area contributed by atoms with E-state index in [1.807, 2.05) is 22.6 Å². The first-order chi connectivity index (χ1) is 10.2. The third-order valence-corrected chi connectivity index (χ3v) is 4.49. The molecular weight excluding hydrogens is 427 g/mol. The van der Waals surface area contributed by atoms with Gasteiger partial charge in [-0.1, -0.05) is 0 Å². The maximum absolute atomic E-state index is 12.1.